The van der Waals surface area contributed by atoms with E-state index < -0.39 is 0 Å². The van der Waals surface area contributed by atoms with Gasteiger partial charge in [-0.15, -0.1) is 22.9 Å². The molecule has 0 aliphatic heterocycles. The standard InChI is InChI=1S/C10H13BrClNOS/c1-2-5-13(6-4-12)10(14)9-8(11)3-7-15-9/h3,7H,2,4-6H2,1H3. The normalized spacial score (nSPS) is 10.3. The number of thiophene rings is 1. The summed E-state index contributed by atoms with van der Waals surface area (Å²) < 4.78 is 0.869. The lowest BCUT2D eigenvalue weighted by Gasteiger charge is -2.20. The minimum Gasteiger partial charge on any atom is -0.337 e. The van der Waals surface area contributed by atoms with Gasteiger partial charge in [-0.3, -0.25) is 4.79 Å². The first kappa shape index (κ1) is 13.0. The zero-order chi connectivity index (χ0) is 11.3. The van der Waals surface area contributed by atoms with E-state index in [2.05, 4.69) is 22.9 Å². The molecule has 0 aromatic carbocycles. The highest BCUT2D eigenvalue weighted by molar-refractivity contribution is 9.10. The molecular weight excluding hydrogens is 298 g/mol. The molecule has 0 saturated carbocycles. The van der Waals surface area contributed by atoms with Crippen molar-refractivity contribution in [3.63, 3.8) is 0 Å². The summed E-state index contributed by atoms with van der Waals surface area (Å²) in [4.78, 5) is 14.6. The van der Waals surface area contributed by atoms with Gasteiger partial charge in [0.15, 0.2) is 0 Å². The number of hydrogen-bond acceptors (Lipinski definition) is 2. The van der Waals surface area contributed by atoms with Crippen molar-refractivity contribution in [3.05, 3.63) is 20.8 Å². The van der Waals surface area contributed by atoms with Crippen LogP contribution in [0.4, 0.5) is 0 Å². The third kappa shape index (κ3) is 3.47. The van der Waals surface area contributed by atoms with Crippen LogP contribution >= 0.6 is 38.9 Å². The molecule has 1 aromatic rings. The van der Waals surface area contributed by atoms with E-state index in [9.17, 15) is 4.79 Å². The van der Waals surface area contributed by atoms with Crippen LogP contribution in [0.5, 0.6) is 0 Å². The van der Waals surface area contributed by atoms with Gasteiger partial charge in [-0.25, -0.2) is 0 Å². The highest BCUT2D eigenvalue weighted by atomic mass is 79.9. The maximum Gasteiger partial charge on any atom is 0.265 e. The van der Waals surface area contributed by atoms with Crippen LogP contribution in [-0.4, -0.2) is 29.8 Å². The first-order valence-corrected chi connectivity index (χ1v) is 6.99. The van der Waals surface area contributed by atoms with Crippen molar-refractivity contribution < 1.29 is 4.79 Å². The van der Waals surface area contributed by atoms with Gasteiger partial charge in [0.05, 0.1) is 0 Å². The molecule has 0 saturated heterocycles. The molecule has 1 aromatic heterocycles. The molecule has 1 amide bonds. The van der Waals surface area contributed by atoms with Gasteiger partial charge in [0.25, 0.3) is 5.91 Å². The average molecular weight is 311 g/mol. The average Bonchev–Trinajstić information content (AvgIpc) is 2.63. The predicted molar refractivity (Wildman–Crippen MR) is 68.9 cm³/mol. The van der Waals surface area contributed by atoms with Crippen LogP contribution in [-0.2, 0) is 0 Å². The largest absolute Gasteiger partial charge is 0.337 e. The van der Waals surface area contributed by atoms with Crippen LogP contribution in [0.15, 0.2) is 15.9 Å². The molecule has 0 aliphatic rings. The molecule has 0 spiro atoms. The molecule has 1 heterocycles. The summed E-state index contributed by atoms with van der Waals surface area (Å²) in [6, 6.07) is 1.89. The second-order valence-corrected chi connectivity index (χ2v) is 5.23. The minimum atomic E-state index is 0.0689. The first-order valence-electron chi connectivity index (χ1n) is 4.79. The lowest BCUT2D eigenvalue weighted by Crippen LogP contribution is -2.33. The van der Waals surface area contributed by atoms with Crippen LogP contribution in [0, 0.1) is 0 Å². The summed E-state index contributed by atoms with van der Waals surface area (Å²) in [5.41, 5.74) is 0. The second-order valence-electron chi connectivity index (χ2n) is 3.08. The van der Waals surface area contributed by atoms with Gasteiger partial charge >= 0.3 is 0 Å². The van der Waals surface area contributed by atoms with Crippen LogP contribution in [0.3, 0.4) is 0 Å². The zero-order valence-electron chi connectivity index (χ0n) is 8.50. The first-order chi connectivity index (χ1) is 7.20. The van der Waals surface area contributed by atoms with Crippen molar-refractivity contribution in [3.8, 4) is 0 Å². The van der Waals surface area contributed by atoms with E-state index >= 15 is 0 Å². The topological polar surface area (TPSA) is 20.3 Å². The van der Waals surface area contributed by atoms with Crippen molar-refractivity contribution in [1.29, 1.82) is 0 Å². The molecule has 2 nitrogen and oxygen atoms in total. The summed E-state index contributed by atoms with van der Waals surface area (Å²) in [5, 5.41) is 1.90. The van der Waals surface area contributed by atoms with Gasteiger partial charge < -0.3 is 4.90 Å². The summed E-state index contributed by atoms with van der Waals surface area (Å²) >= 11 is 10.5. The Morgan fingerprint density at radius 2 is 2.33 bits per heavy atom. The third-order valence-electron chi connectivity index (χ3n) is 1.95. The number of hydrogen-bond donors (Lipinski definition) is 0. The molecule has 0 bridgehead atoms. The van der Waals surface area contributed by atoms with Crippen molar-refractivity contribution >= 4 is 44.8 Å². The van der Waals surface area contributed by atoms with Crippen molar-refractivity contribution in [2.75, 3.05) is 19.0 Å². The number of amides is 1. The maximum atomic E-state index is 12.1. The number of alkyl halides is 1. The number of halogens is 2. The molecule has 0 N–H and O–H groups in total. The molecule has 0 unspecified atom stereocenters. The SMILES string of the molecule is CCCN(CCCl)C(=O)c1sccc1Br. The Balaban J connectivity index is 2.76. The Kier molecular flexibility index (Phi) is 5.64. The van der Waals surface area contributed by atoms with E-state index in [-0.39, 0.29) is 5.91 Å². The predicted octanol–water partition coefficient (Wildman–Crippen LogP) is 3.60. The number of nitrogens with zero attached hydrogens (tertiary/aromatic N) is 1. The van der Waals surface area contributed by atoms with E-state index in [1.807, 2.05) is 11.4 Å². The van der Waals surface area contributed by atoms with Crippen LogP contribution < -0.4 is 0 Å². The minimum absolute atomic E-state index is 0.0689. The van der Waals surface area contributed by atoms with Gasteiger partial charge in [0, 0.05) is 23.4 Å². The molecule has 0 atom stereocenters. The van der Waals surface area contributed by atoms with E-state index in [0.29, 0.717) is 12.4 Å². The van der Waals surface area contributed by atoms with E-state index in [0.717, 1.165) is 22.3 Å². The lowest BCUT2D eigenvalue weighted by molar-refractivity contribution is 0.0769. The number of carbonyl (C=O) groups excluding carboxylic acids is 1. The fourth-order valence-corrected chi connectivity index (χ4v) is 2.99. The lowest BCUT2D eigenvalue weighted by atomic mass is 10.3. The third-order valence-corrected chi connectivity index (χ3v) is 3.94. The van der Waals surface area contributed by atoms with Crippen LogP contribution in [0.1, 0.15) is 23.0 Å². The Morgan fingerprint density at radius 3 is 2.80 bits per heavy atom. The van der Waals surface area contributed by atoms with Crippen molar-refractivity contribution in [2.45, 2.75) is 13.3 Å². The number of rotatable bonds is 5. The second kappa shape index (κ2) is 6.51. The summed E-state index contributed by atoms with van der Waals surface area (Å²) in [5.74, 6) is 0.550. The molecule has 15 heavy (non-hydrogen) atoms. The molecule has 1 rings (SSSR count). The summed E-state index contributed by atoms with van der Waals surface area (Å²) in [6.07, 6.45) is 0.950. The fraction of sp³-hybridized carbons (Fsp3) is 0.500. The Bertz CT molecular complexity index is 323. The maximum absolute atomic E-state index is 12.1. The van der Waals surface area contributed by atoms with Gasteiger partial charge in [0.1, 0.15) is 4.88 Å². The molecule has 0 aliphatic carbocycles. The van der Waals surface area contributed by atoms with Gasteiger partial charge in [-0.1, -0.05) is 6.92 Å². The van der Waals surface area contributed by atoms with Crippen LogP contribution in [0.25, 0.3) is 0 Å². The Morgan fingerprint density at radius 1 is 1.60 bits per heavy atom. The molecule has 84 valence electrons. The van der Waals surface area contributed by atoms with Crippen LogP contribution in [0.2, 0.25) is 0 Å². The molecular formula is C10H13BrClNOS. The summed E-state index contributed by atoms with van der Waals surface area (Å²) in [6.45, 7) is 3.42. The quantitative estimate of drug-likeness (QED) is 0.761. The molecule has 0 fully saturated rings. The zero-order valence-corrected chi connectivity index (χ0v) is 11.7. The van der Waals surface area contributed by atoms with E-state index in [1.165, 1.54) is 11.3 Å². The van der Waals surface area contributed by atoms with Crippen molar-refractivity contribution in [1.82, 2.24) is 4.90 Å². The van der Waals surface area contributed by atoms with E-state index in [1.54, 1.807) is 4.90 Å². The highest BCUT2D eigenvalue weighted by Crippen LogP contribution is 2.24. The highest BCUT2D eigenvalue weighted by Gasteiger charge is 2.17. The monoisotopic (exact) mass is 309 g/mol. The van der Waals surface area contributed by atoms with Gasteiger partial charge in [-0.05, 0) is 33.8 Å². The smallest absolute Gasteiger partial charge is 0.265 e. The Labute approximate surface area is 107 Å². The van der Waals surface area contributed by atoms with Gasteiger partial charge in [-0.2, -0.15) is 0 Å². The molecule has 0 radical (unpaired) electrons. The van der Waals surface area contributed by atoms with E-state index in [4.69, 9.17) is 11.6 Å². The van der Waals surface area contributed by atoms with Crippen molar-refractivity contribution in [2.24, 2.45) is 0 Å². The Hall–Kier alpha value is -0.0600. The number of carbonyl (C=O) groups is 1. The fourth-order valence-electron chi connectivity index (χ4n) is 1.28. The molecule has 5 heteroatoms. The van der Waals surface area contributed by atoms with Gasteiger partial charge in [0.2, 0.25) is 0 Å². The summed E-state index contributed by atoms with van der Waals surface area (Å²) in [7, 11) is 0.